The van der Waals surface area contributed by atoms with Crippen LogP contribution in [0.1, 0.15) is 16.8 Å². The fraction of sp³-hybridized carbons (Fsp3) is 0.462. The molecular weight excluding hydrogens is 230 g/mol. The van der Waals surface area contributed by atoms with Crippen LogP contribution in [0.15, 0.2) is 18.2 Å². The zero-order valence-electron chi connectivity index (χ0n) is 10.8. The van der Waals surface area contributed by atoms with Crippen LogP contribution in [0.5, 0.6) is 0 Å². The van der Waals surface area contributed by atoms with Gasteiger partial charge in [0.25, 0.3) is 5.91 Å². The van der Waals surface area contributed by atoms with Crippen LogP contribution in [-0.2, 0) is 0 Å². The monoisotopic (exact) mass is 249 g/mol. The molecule has 18 heavy (non-hydrogen) atoms. The zero-order valence-corrected chi connectivity index (χ0v) is 10.8. The minimum atomic E-state index is -0.308. The third kappa shape index (κ3) is 2.41. The number of nitrogen functional groups attached to an aromatic ring is 1. The van der Waals surface area contributed by atoms with Gasteiger partial charge in [0.2, 0.25) is 0 Å². The normalized spacial score (nSPS) is 19.1. The minimum Gasteiger partial charge on any atom is -0.397 e. The van der Waals surface area contributed by atoms with Gasteiger partial charge in [-0.15, -0.1) is 0 Å². The van der Waals surface area contributed by atoms with Gasteiger partial charge in [-0.3, -0.25) is 4.79 Å². The van der Waals surface area contributed by atoms with Gasteiger partial charge >= 0.3 is 0 Å². The fourth-order valence-electron chi connectivity index (χ4n) is 2.17. The number of hydrogen-bond acceptors (Lipinski definition) is 4. The van der Waals surface area contributed by atoms with Gasteiger partial charge in [0, 0.05) is 32.7 Å². The number of anilines is 2. The second-order valence-corrected chi connectivity index (χ2v) is 4.86. The molecule has 1 heterocycles. The number of rotatable bonds is 2. The number of hydrogen-bond donors (Lipinski definition) is 2. The van der Waals surface area contributed by atoms with Crippen LogP contribution in [0.3, 0.4) is 0 Å². The quantitative estimate of drug-likeness (QED) is 0.751. The van der Waals surface area contributed by atoms with Crippen LogP contribution in [-0.4, -0.2) is 49.2 Å². The van der Waals surface area contributed by atoms with Gasteiger partial charge in [-0.1, -0.05) is 0 Å². The maximum atomic E-state index is 11.9. The molecule has 1 aromatic rings. The molecule has 0 aliphatic carbocycles. The van der Waals surface area contributed by atoms with Crippen LogP contribution < -0.4 is 10.6 Å². The maximum Gasteiger partial charge on any atom is 0.253 e. The Balaban J connectivity index is 2.30. The molecule has 3 N–H and O–H groups in total. The molecule has 0 radical (unpaired) electrons. The number of β-amino-alcohol motifs (C(OH)–C–C–N with tert-alkyl or cyclic N) is 1. The second kappa shape index (κ2) is 4.86. The van der Waals surface area contributed by atoms with Crippen molar-refractivity contribution in [1.82, 2.24) is 4.90 Å². The van der Waals surface area contributed by atoms with Gasteiger partial charge in [-0.05, 0) is 24.6 Å². The van der Waals surface area contributed by atoms with Crippen molar-refractivity contribution < 1.29 is 9.90 Å². The molecule has 1 aromatic carbocycles. The zero-order chi connectivity index (χ0) is 13.3. The van der Waals surface area contributed by atoms with Gasteiger partial charge in [0.15, 0.2) is 0 Å². The van der Waals surface area contributed by atoms with Crippen LogP contribution in [0.4, 0.5) is 11.4 Å². The number of nitrogens with zero attached hydrogens (tertiary/aromatic N) is 2. The molecule has 1 unspecified atom stereocenters. The molecule has 1 aliphatic heterocycles. The van der Waals surface area contributed by atoms with E-state index in [1.54, 1.807) is 32.3 Å². The lowest BCUT2D eigenvalue weighted by molar-refractivity contribution is 0.0827. The predicted molar refractivity (Wildman–Crippen MR) is 71.7 cm³/mol. The summed E-state index contributed by atoms with van der Waals surface area (Å²) in [5, 5.41) is 9.56. The van der Waals surface area contributed by atoms with E-state index < -0.39 is 0 Å². The summed E-state index contributed by atoms with van der Waals surface area (Å²) in [4.78, 5) is 15.5. The van der Waals surface area contributed by atoms with Crippen LogP contribution in [0.25, 0.3) is 0 Å². The lowest BCUT2D eigenvalue weighted by Crippen LogP contribution is -2.24. The summed E-state index contributed by atoms with van der Waals surface area (Å²) in [6.45, 7) is 1.34. The van der Waals surface area contributed by atoms with E-state index in [1.807, 2.05) is 4.90 Å². The van der Waals surface area contributed by atoms with Crippen molar-refractivity contribution in [2.45, 2.75) is 12.5 Å². The Bertz CT molecular complexity index is 460. The summed E-state index contributed by atoms with van der Waals surface area (Å²) in [7, 11) is 3.44. The average molecular weight is 249 g/mol. The highest BCUT2D eigenvalue weighted by Gasteiger charge is 2.22. The number of aliphatic hydroxyl groups excluding tert-OH is 1. The van der Waals surface area contributed by atoms with Crippen molar-refractivity contribution in [3.63, 3.8) is 0 Å². The Morgan fingerprint density at radius 1 is 1.50 bits per heavy atom. The summed E-state index contributed by atoms with van der Waals surface area (Å²) < 4.78 is 0. The number of carbonyl (C=O) groups is 1. The molecule has 1 saturated heterocycles. The second-order valence-electron chi connectivity index (χ2n) is 4.86. The molecule has 98 valence electrons. The van der Waals surface area contributed by atoms with Crippen molar-refractivity contribution >= 4 is 17.3 Å². The van der Waals surface area contributed by atoms with Gasteiger partial charge in [0.1, 0.15) is 0 Å². The van der Waals surface area contributed by atoms with E-state index in [1.165, 1.54) is 4.90 Å². The summed E-state index contributed by atoms with van der Waals surface area (Å²) >= 11 is 0. The van der Waals surface area contributed by atoms with Crippen molar-refractivity contribution in [2.75, 3.05) is 37.8 Å². The first-order valence-corrected chi connectivity index (χ1v) is 6.03. The molecule has 1 atom stereocenters. The van der Waals surface area contributed by atoms with E-state index in [-0.39, 0.29) is 12.0 Å². The van der Waals surface area contributed by atoms with E-state index in [2.05, 4.69) is 0 Å². The Labute approximate surface area is 107 Å². The summed E-state index contributed by atoms with van der Waals surface area (Å²) in [6.07, 6.45) is 0.434. The largest absolute Gasteiger partial charge is 0.397 e. The van der Waals surface area contributed by atoms with E-state index in [4.69, 9.17) is 5.73 Å². The van der Waals surface area contributed by atoms with Gasteiger partial charge in [-0.25, -0.2) is 0 Å². The first kappa shape index (κ1) is 12.7. The molecule has 1 aliphatic rings. The first-order chi connectivity index (χ1) is 8.49. The lowest BCUT2D eigenvalue weighted by atomic mass is 10.1. The van der Waals surface area contributed by atoms with Crippen molar-refractivity contribution in [2.24, 2.45) is 0 Å². The molecule has 0 bridgehead atoms. The molecule has 0 saturated carbocycles. The van der Waals surface area contributed by atoms with Crippen LogP contribution in [0, 0.1) is 0 Å². The number of benzene rings is 1. The van der Waals surface area contributed by atoms with Gasteiger partial charge < -0.3 is 20.6 Å². The van der Waals surface area contributed by atoms with E-state index in [9.17, 15) is 9.90 Å². The van der Waals surface area contributed by atoms with Crippen molar-refractivity contribution in [3.05, 3.63) is 23.8 Å². The highest BCUT2D eigenvalue weighted by Crippen LogP contribution is 2.28. The number of aliphatic hydroxyl groups is 1. The van der Waals surface area contributed by atoms with Crippen LogP contribution >= 0.6 is 0 Å². The maximum absolute atomic E-state index is 11.9. The van der Waals surface area contributed by atoms with Crippen molar-refractivity contribution in [1.29, 1.82) is 0 Å². The Kier molecular flexibility index (Phi) is 3.43. The number of nitrogens with two attached hydrogens (primary N) is 1. The molecule has 5 heteroatoms. The highest BCUT2D eigenvalue weighted by atomic mass is 16.3. The topological polar surface area (TPSA) is 69.8 Å². The third-order valence-electron chi connectivity index (χ3n) is 3.19. The van der Waals surface area contributed by atoms with E-state index in [0.29, 0.717) is 17.8 Å². The smallest absolute Gasteiger partial charge is 0.253 e. The van der Waals surface area contributed by atoms with Gasteiger partial charge in [0.05, 0.1) is 17.5 Å². The molecule has 0 spiro atoms. The molecule has 5 nitrogen and oxygen atoms in total. The predicted octanol–water partition coefficient (Wildman–Crippen LogP) is 0.542. The summed E-state index contributed by atoms with van der Waals surface area (Å²) in [6, 6.07) is 5.28. The fourth-order valence-corrected chi connectivity index (χ4v) is 2.17. The molecule has 1 fully saturated rings. The molecule has 1 amide bonds. The standard InChI is InChI=1S/C13H19N3O2/c1-15(2)13(18)9-3-4-11(14)12(7-9)16-6-5-10(17)8-16/h3-4,7,10,17H,5-6,8,14H2,1-2H3. The molecule has 0 aromatic heterocycles. The van der Waals surface area contributed by atoms with Crippen LogP contribution in [0.2, 0.25) is 0 Å². The first-order valence-electron chi connectivity index (χ1n) is 6.03. The summed E-state index contributed by atoms with van der Waals surface area (Å²) in [5.41, 5.74) is 8.03. The Morgan fingerprint density at radius 3 is 2.78 bits per heavy atom. The number of carbonyl (C=O) groups excluding carboxylic acids is 1. The highest BCUT2D eigenvalue weighted by molar-refractivity contribution is 5.96. The third-order valence-corrected chi connectivity index (χ3v) is 3.19. The molecular formula is C13H19N3O2. The molecule has 2 rings (SSSR count). The van der Waals surface area contributed by atoms with E-state index >= 15 is 0 Å². The average Bonchev–Trinajstić information content (AvgIpc) is 2.75. The lowest BCUT2D eigenvalue weighted by Gasteiger charge is -2.21. The Hall–Kier alpha value is -1.75. The van der Waals surface area contributed by atoms with Gasteiger partial charge in [-0.2, -0.15) is 0 Å². The minimum absolute atomic E-state index is 0.0454. The number of amides is 1. The van der Waals surface area contributed by atoms with E-state index in [0.717, 1.165) is 18.7 Å². The summed E-state index contributed by atoms with van der Waals surface area (Å²) in [5.74, 6) is -0.0454. The Morgan fingerprint density at radius 2 is 2.22 bits per heavy atom. The SMILES string of the molecule is CN(C)C(=O)c1ccc(N)c(N2CCC(O)C2)c1. The van der Waals surface area contributed by atoms with Crippen molar-refractivity contribution in [3.8, 4) is 0 Å².